The molecule has 9 nitrogen and oxygen atoms in total. The summed E-state index contributed by atoms with van der Waals surface area (Å²) >= 11 is 0. The van der Waals surface area contributed by atoms with Crippen LogP contribution < -0.4 is 4.90 Å². The number of hydrogen-bond acceptors (Lipinski definition) is 7. The molecule has 4 rings (SSSR count). The first kappa shape index (κ1) is 19.0. The van der Waals surface area contributed by atoms with E-state index in [4.69, 9.17) is 0 Å². The summed E-state index contributed by atoms with van der Waals surface area (Å²) < 4.78 is 0. The number of hydrazone groups is 1. The van der Waals surface area contributed by atoms with Gasteiger partial charge in [-0.15, -0.1) is 0 Å². The van der Waals surface area contributed by atoms with E-state index >= 15 is 0 Å². The van der Waals surface area contributed by atoms with Crippen LogP contribution in [0.5, 0.6) is 0 Å². The highest BCUT2D eigenvalue weighted by Gasteiger charge is 2.64. The van der Waals surface area contributed by atoms with Crippen LogP contribution in [-0.4, -0.2) is 45.8 Å². The molecule has 1 aromatic rings. The summed E-state index contributed by atoms with van der Waals surface area (Å²) in [7, 11) is 0. The van der Waals surface area contributed by atoms with Crippen LogP contribution in [0.15, 0.2) is 41.5 Å². The van der Waals surface area contributed by atoms with Crippen molar-refractivity contribution < 1.29 is 19.3 Å². The number of allylic oxidation sites excluding steroid dienone is 1. The summed E-state index contributed by atoms with van der Waals surface area (Å²) in [6.45, 7) is 5.29. The summed E-state index contributed by atoms with van der Waals surface area (Å²) in [5.74, 6) is -2.84. The van der Waals surface area contributed by atoms with Gasteiger partial charge in [0.1, 0.15) is 6.04 Å². The molecule has 2 fully saturated rings. The van der Waals surface area contributed by atoms with Crippen LogP contribution in [0.25, 0.3) is 0 Å². The van der Waals surface area contributed by atoms with Crippen LogP contribution in [0.4, 0.5) is 11.4 Å². The second-order valence-electron chi connectivity index (χ2n) is 8.42. The number of nitro benzene ring substituents is 1. The predicted molar refractivity (Wildman–Crippen MR) is 104 cm³/mol. The first-order chi connectivity index (χ1) is 13.6. The third kappa shape index (κ3) is 2.76. The van der Waals surface area contributed by atoms with Crippen molar-refractivity contribution in [2.45, 2.75) is 32.9 Å². The molecule has 29 heavy (non-hydrogen) atoms. The highest BCUT2D eigenvalue weighted by molar-refractivity contribution is 6.24. The van der Waals surface area contributed by atoms with Crippen molar-refractivity contribution in [3.63, 3.8) is 0 Å². The van der Waals surface area contributed by atoms with E-state index in [1.54, 1.807) is 37.9 Å². The normalized spacial score (nSPS) is 28.0. The molecule has 0 N–H and O–H groups in total. The molecule has 150 valence electrons. The molecule has 0 bridgehead atoms. The molecule has 0 aliphatic carbocycles. The molecule has 2 amide bonds. The van der Waals surface area contributed by atoms with Gasteiger partial charge in [-0.1, -0.05) is 32.9 Å². The molecule has 3 aliphatic rings. The Morgan fingerprint density at radius 3 is 2.52 bits per heavy atom. The molecular formula is C20H20N4O5. The minimum Gasteiger partial charge on any atom is -0.297 e. The number of ketones is 1. The molecule has 0 saturated carbocycles. The number of carbonyl (C=O) groups excluding carboxylic acids is 3. The number of carbonyl (C=O) groups is 3. The van der Waals surface area contributed by atoms with E-state index in [0.717, 1.165) is 4.90 Å². The zero-order valence-corrected chi connectivity index (χ0v) is 16.2. The number of anilines is 1. The van der Waals surface area contributed by atoms with Gasteiger partial charge in [0, 0.05) is 23.8 Å². The molecule has 3 heterocycles. The maximum absolute atomic E-state index is 13.3. The topological polar surface area (TPSA) is 113 Å². The zero-order chi connectivity index (χ0) is 21.1. The van der Waals surface area contributed by atoms with Crippen molar-refractivity contribution in [3.8, 4) is 0 Å². The molecular weight excluding hydrogens is 376 g/mol. The van der Waals surface area contributed by atoms with Crippen molar-refractivity contribution in [1.29, 1.82) is 0 Å². The quantitative estimate of drug-likeness (QED) is 0.438. The van der Waals surface area contributed by atoms with E-state index in [1.165, 1.54) is 30.5 Å². The monoisotopic (exact) mass is 396 g/mol. The number of non-ortho nitro benzene ring substituents is 1. The van der Waals surface area contributed by atoms with Gasteiger partial charge in [0.2, 0.25) is 11.8 Å². The van der Waals surface area contributed by atoms with Crippen LogP contribution in [0.2, 0.25) is 0 Å². The molecule has 0 spiro atoms. The second-order valence-corrected chi connectivity index (χ2v) is 8.42. The van der Waals surface area contributed by atoms with Crippen LogP contribution in [0.3, 0.4) is 0 Å². The molecule has 4 atom stereocenters. The van der Waals surface area contributed by atoms with Gasteiger partial charge in [0.15, 0.2) is 5.78 Å². The Labute approximate surface area is 166 Å². The summed E-state index contributed by atoms with van der Waals surface area (Å²) in [5, 5.41) is 16.9. The Kier molecular flexibility index (Phi) is 4.14. The zero-order valence-electron chi connectivity index (χ0n) is 16.2. The average molecular weight is 396 g/mol. The van der Waals surface area contributed by atoms with Gasteiger partial charge in [-0.2, -0.15) is 5.10 Å². The average Bonchev–Trinajstić information content (AvgIpc) is 3.13. The van der Waals surface area contributed by atoms with Gasteiger partial charge in [-0.25, -0.2) is 4.90 Å². The van der Waals surface area contributed by atoms with Crippen molar-refractivity contribution in [2.24, 2.45) is 22.4 Å². The number of hydrogen-bond donors (Lipinski definition) is 0. The highest BCUT2D eigenvalue weighted by atomic mass is 16.6. The van der Waals surface area contributed by atoms with Gasteiger partial charge >= 0.3 is 0 Å². The Hall–Kier alpha value is -3.36. The lowest BCUT2D eigenvalue weighted by Gasteiger charge is -2.33. The maximum Gasteiger partial charge on any atom is 0.271 e. The third-order valence-electron chi connectivity index (χ3n) is 5.60. The standard InChI is InChI=1S/C20H20N4O5/c1-20(2,3)17(25)16-15-14(13-8-5-9-21-23(13)16)18(26)22(19(15)27)11-6-4-7-12(10-11)24(28)29/h4-10,13-16H,1-3H3/t13-,14-,15+,16+/m1/s1. The Morgan fingerprint density at radius 1 is 1.17 bits per heavy atom. The smallest absolute Gasteiger partial charge is 0.271 e. The molecule has 3 aliphatic heterocycles. The van der Waals surface area contributed by atoms with Gasteiger partial charge in [-0.3, -0.25) is 29.5 Å². The number of nitro groups is 1. The second kappa shape index (κ2) is 6.33. The van der Waals surface area contributed by atoms with E-state index in [9.17, 15) is 24.5 Å². The van der Waals surface area contributed by atoms with E-state index in [0.29, 0.717) is 0 Å². The fourth-order valence-corrected chi connectivity index (χ4v) is 4.28. The first-order valence-corrected chi connectivity index (χ1v) is 9.28. The van der Waals surface area contributed by atoms with Gasteiger partial charge in [-0.05, 0) is 12.1 Å². The van der Waals surface area contributed by atoms with Gasteiger partial charge in [0.25, 0.3) is 5.69 Å². The Morgan fingerprint density at radius 2 is 1.86 bits per heavy atom. The van der Waals surface area contributed by atoms with Crippen LogP contribution >= 0.6 is 0 Å². The molecule has 2 saturated heterocycles. The Bertz CT molecular complexity index is 993. The van der Waals surface area contributed by atoms with E-state index in [1.807, 2.05) is 0 Å². The molecule has 0 radical (unpaired) electrons. The highest BCUT2D eigenvalue weighted by Crippen LogP contribution is 2.47. The molecule has 0 unspecified atom stereocenters. The predicted octanol–water partition coefficient (Wildman–Crippen LogP) is 1.92. The molecule has 9 heteroatoms. The largest absolute Gasteiger partial charge is 0.297 e. The number of nitrogens with zero attached hydrogens (tertiary/aromatic N) is 4. The number of imide groups is 1. The number of fused-ring (bicyclic) bond motifs is 3. The minimum atomic E-state index is -0.890. The van der Waals surface area contributed by atoms with Gasteiger partial charge in [0.05, 0.1) is 28.5 Å². The lowest BCUT2D eigenvalue weighted by molar-refractivity contribution is -0.384. The fourth-order valence-electron chi connectivity index (χ4n) is 4.28. The first-order valence-electron chi connectivity index (χ1n) is 9.28. The molecule has 1 aromatic carbocycles. The van der Waals surface area contributed by atoms with E-state index < -0.39 is 46.1 Å². The van der Waals surface area contributed by atoms with Crippen LogP contribution in [0.1, 0.15) is 20.8 Å². The number of Topliss-reactive ketones (excluding diaryl/α,β-unsaturated/α-hetero) is 1. The lowest BCUT2D eigenvalue weighted by Crippen LogP contribution is -2.49. The number of rotatable bonds is 3. The van der Waals surface area contributed by atoms with Crippen molar-refractivity contribution in [2.75, 3.05) is 4.90 Å². The summed E-state index contributed by atoms with van der Waals surface area (Å²) in [4.78, 5) is 51.3. The van der Waals surface area contributed by atoms with E-state index in [-0.39, 0.29) is 17.2 Å². The SMILES string of the molecule is CC(C)(C)C(=O)[C@@H]1[C@H]2C(=O)N(c3cccc([N+](=O)[O-])c3)C(=O)[C@@H]2[C@H]2C=CC=NN21. The Balaban J connectivity index is 1.79. The maximum atomic E-state index is 13.3. The minimum absolute atomic E-state index is 0.139. The van der Waals surface area contributed by atoms with Crippen LogP contribution in [0, 0.1) is 27.4 Å². The van der Waals surface area contributed by atoms with Crippen molar-refractivity contribution in [3.05, 3.63) is 46.5 Å². The number of amides is 2. The van der Waals surface area contributed by atoms with E-state index in [2.05, 4.69) is 5.10 Å². The lowest BCUT2D eigenvalue weighted by atomic mass is 9.80. The summed E-state index contributed by atoms with van der Waals surface area (Å²) in [5.41, 5.74) is -0.810. The van der Waals surface area contributed by atoms with Crippen molar-refractivity contribution >= 4 is 35.2 Å². The third-order valence-corrected chi connectivity index (χ3v) is 5.60. The van der Waals surface area contributed by atoms with Gasteiger partial charge < -0.3 is 0 Å². The van der Waals surface area contributed by atoms with Crippen molar-refractivity contribution in [1.82, 2.24) is 5.01 Å². The number of benzene rings is 1. The summed E-state index contributed by atoms with van der Waals surface area (Å²) in [6, 6.07) is 4.02. The van der Waals surface area contributed by atoms with Crippen LogP contribution in [-0.2, 0) is 14.4 Å². The molecule has 0 aromatic heterocycles. The summed E-state index contributed by atoms with van der Waals surface area (Å²) in [6.07, 6.45) is 4.99. The fraction of sp³-hybridized carbons (Fsp3) is 0.400.